The number of pyridine rings is 1. The molecule has 2 aromatic rings. The normalized spacial score (nSPS) is 22.1. The molecule has 40 heavy (non-hydrogen) atoms. The number of aromatic hydroxyl groups is 1. The minimum Gasteiger partial charge on any atom is -0.507 e. The van der Waals surface area contributed by atoms with Gasteiger partial charge < -0.3 is 20.1 Å². The van der Waals surface area contributed by atoms with Gasteiger partial charge in [-0.15, -0.1) is 0 Å². The molecule has 1 aliphatic heterocycles. The Bertz CT molecular complexity index is 1360. The fraction of sp³-hybridized carbons (Fsp3) is 0.400. The fourth-order valence-corrected chi connectivity index (χ4v) is 6.20. The number of hydrogen-bond acceptors (Lipinski definition) is 8. The highest BCUT2D eigenvalue weighted by atomic mass is 79.9. The van der Waals surface area contributed by atoms with Crippen LogP contribution in [0, 0.1) is 23.7 Å². The summed E-state index contributed by atoms with van der Waals surface area (Å²) in [5.74, 6) is -3.92. The van der Waals surface area contributed by atoms with E-state index in [1.807, 2.05) is 32.1 Å². The summed E-state index contributed by atoms with van der Waals surface area (Å²) >= 11 is 3.43. The average Bonchev–Trinajstić information content (AvgIpc) is 3.20. The van der Waals surface area contributed by atoms with Crippen LogP contribution < -0.4 is 0 Å². The molecule has 2 aliphatic rings. The molecule has 212 valence electrons. The number of allylic oxidation sites excluding steroid dienone is 2. The van der Waals surface area contributed by atoms with Crippen LogP contribution in [0.3, 0.4) is 0 Å². The SMILES string of the molecule is COC(=O)N1C(=O)[C@@H]2[C@@H](CC(C(C)C)=C([C@H](O)CC/C(=C/c3cc(Br)ccc3O)c3ccccn3)[C@@H]2CO)C1=O. The summed E-state index contributed by atoms with van der Waals surface area (Å²) in [5, 5.41) is 32.4. The first-order chi connectivity index (χ1) is 19.1. The smallest absolute Gasteiger partial charge is 0.423 e. The van der Waals surface area contributed by atoms with Crippen LogP contribution in [0.1, 0.15) is 44.4 Å². The van der Waals surface area contributed by atoms with E-state index in [9.17, 15) is 29.7 Å². The number of likely N-dealkylation sites (tertiary alicyclic amines) is 1. The van der Waals surface area contributed by atoms with Crippen molar-refractivity contribution in [2.45, 2.75) is 39.2 Å². The number of ether oxygens (including phenoxy) is 1. The zero-order valence-corrected chi connectivity index (χ0v) is 24.2. The van der Waals surface area contributed by atoms with Gasteiger partial charge >= 0.3 is 6.09 Å². The Morgan fingerprint density at radius 3 is 2.60 bits per heavy atom. The Kier molecular flexibility index (Phi) is 9.22. The van der Waals surface area contributed by atoms with E-state index < -0.39 is 48.4 Å². The van der Waals surface area contributed by atoms with E-state index in [1.165, 1.54) is 0 Å². The second-order valence-corrected chi connectivity index (χ2v) is 11.3. The van der Waals surface area contributed by atoms with Gasteiger partial charge in [0.05, 0.1) is 37.4 Å². The molecule has 9 nitrogen and oxygen atoms in total. The lowest BCUT2D eigenvalue weighted by Gasteiger charge is -2.38. The Morgan fingerprint density at radius 1 is 1.23 bits per heavy atom. The van der Waals surface area contributed by atoms with E-state index in [1.54, 1.807) is 30.5 Å². The van der Waals surface area contributed by atoms with Crippen molar-refractivity contribution in [2.24, 2.45) is 23.7 Å². The number of imide groups is 3. The van der Waals surface area contributed by atoms with Gasteiger partial charge in [-0.05, 0) is 72.7 Å². The molecule has 1 aromatic heterocycles. The number of phenolic OH excluding ortho intramolecular Hbond substituents is 1. The number of amides is 3. The van der Waals surface area contributed by atoms with E-state index in [0.717, 1.165) is 22.7 Å². The van der Waals surface area contributed by atoms with E-state index in [2.05, 4.69) is 25.7 Å². The number of carbonyl (C=O) groups is 3. The van der Waals surface area contributed by atoms with Gasteiger partial charge in [-0.2, -0.15) is 4.90 Å². The van der Waals surface area contributed by atoms with Crippen LogP contribution in [-0.2, 0) is 14.3 Å². The average molecular weight is 614 g/mol. The van der Waals surface area contributed by atoms with E-state index in [4.69, 9.17) is 0 Å². The predicted octanol–water partition coefficient (Wildman–Crippen LogP) is 4.56. The molecule has 3 N–H and O–H groups in total. The monoisotopic (exact) mass is 612 g/mol. The summed E-state index contributed by atoms with van der Waals surface area (Å²) < 4.78 is 5.45. The summed E-state index contributed by atoms with van der Waals surface area (Å²) in [4.78, 5) is 43.5. The first-order valence-electron chi connectivity index (χ1n) is 13.2. The number of carbonyl (C=O) groups excluding carboxylic acids is 3. The summed E-state index contributed by atoms with van der Waals surface area (Å²) in [6.07, 6.45) is 2.22. The summed E-state index contributed by atoms with van der Waals surface area (Å²) in [6.45, 7) is 3.41. The number of rotatable bonds is 8. The number of hydrogen-bond donors (Lipinski definition) is 3. The Balaban J connectivity index is 1.68. The zero-order valence-electron chi connectivity index (χ0n) is 22.6. The number of halogens is 1. The number of aromatic nitrogens is 1. The van der Waals surface area contributed by atoms with Crippen molar-refractivity contribution in [3.05, 3.63) is 69.5 Å². The van der Waals surface area contributed by atoms with Gasteiger partial charge in [0.1, 0.15) is 5.75 Å². The van der Waals surface area contributed by atoms with Gasteiger partial charge in [0, 0.05) is 22.2 Å². The summed E-state index contributed by atoms with van der Waals surface area (Å²) in [5.41, 5.74) is 3.38. The molecule has 0 spiro atoms. The van der Waals surface area contributed by atoms with Crippen LogP contribution in [0.5, 0.6) is 5.75 Å². The molecule has 0 unspecified atom stereocenters. The topological polar surface area (TPSA) is 137 Å². The molecular formula is C30H33BrN2O7. The van der Waals surface area contributed by atoms with Gasteiger partial charge in [0.2, 0.25) is 11.8 Å². The number of phenols is 1. The van der Waals surface area contributed by atoms with Crippen molar-refractivity contribution >= 4 is 45.5 Å². The lowest BCUT2D eigenvalue weighted by atomic mass is 9.66. The maximum absolute atomic E-state index is 13.2. The maximum Gasteiger partial charge on any atom is 0.423 e. The van der Waals surface area contributed by atoms with Gasteiger partial charge in [0.15, 0.2) is 0 Å². The molecule has 1 fully saturated rings. The Morgan fingerprint density at radius 2 is 1.98 bits per heavy atom. The van der Waals surface area contributed by atoms with Gasteiger partial charge in [-0.3, -0.25) is 14.6 Å². The van der Waals surface area contributed by atoms with Gasteiger partial charge in [-0.1, -0.05) is 41.4 Å². The van der Waals surface area contributed by atoms with E-state index in [-0.39, 0.29) is 24.5 Å². The van der Waals surface area contributed by atoms with Gasteiger partial charge in [-0.25, -0.2) is 4.79 Å². The Hall–Kier alpha value is -3.34. The highest BCUT2D eigenvalue weighted by Crippen LogP contribution is 2.48. The molecule has 2 heterocycles. The molecular weight excluding hydrogens is 580 g/mol. The summed E-state index contributed by atoms with van der Waals surface area (Å²) in [7, 11) is 1.10. The minimum absolute atomic E-state index is 0.0702. The van der Waals surface area contributed by atoms with Crippen molar-refractivity contribution in [1.29, 1.82) is 0 Å². The molecule has 10 heteroatoms. The number of methoxy groups -OCH3 is 1. The number of aliphatic hydroxyl groups excluding tert-OH is 2. The Labute approximate surface area is 241 Å². The minimum atomic E-state index is -1.05. The number of fused-ring (bicyclic) bond motifs is 1. The van der Waals surface area contributed by atoms with Crippen LogP contribution in [0.4, 0.5) is 4.79 Å². The van der Waals surface area contributed by atoms with Crippen molar-refractivity contribution < 1.29 is 34.4 Å². The third-order valence-corrected chi connectivity index (χ3v) is 8.22. The van der Waals surface area contributed by atoms with Gasteiger partial charge in [0.25, 0.3) is 0 Å². The van der Waals surface area contributed by atoms with Crippen LogP contribution >= 0.6 is 15.9 Å². The molecule has 4 atom stereocenters. The molecule has 4 rings (SSSR count). The lowest BCUT2D eigenvalue weighted by Crippen LogP contribution is -2.40. The molecule has 1 saturated heterocycles. The third kappa shape index (κ3) is 5.75. The zero-order chi connectivity index (χ0) is 29.1. The second kappa shape index (κ2) is 12.4. The van der Waals surface area contributed by atoms with E-state index >= 15 is 0 Å². The third-order valence-electron chi connectivity index (χ3n) is 7.73. The van der Waals surface area contributed by atoms with E-state index in [0.29, 0.717) is 28.2 Å². The molecule has 3 amide bonds. The lowest BCUT2D eigenvalue weighted by molar-refractivity contribution is -0.137. The van der Waals surface area contributed by atoms with Crippen molar-refractivity contribution in [3.8, 4) is 5.75 Å². The number of nitrogens with zero attached hydrogens (tertiary/aromatic N) is 2. The van der Waals surface area contributed by atoms with Crippen LogP contribution in [0.25, 0.3) is 11.6 Å². The van der Waals surface area contributed by atoms with Crippen LogP contribution in [0.2, 0.25) is 0 Å². The molecule has 0 bridgehead atoms. The van der Waals surface area contributed by atoms with Crippen molar-refractivity contribution in [1.82, 2.24) is 9.88 Å². The standard InChI is InChI=1S/C30H33BrN2O7/c1-16(2)20-14-21-27(29(38)33(28(21)37)30(39)40-3)22(15-34)26(20)25(36)9-7-17(23-6-4-5-11-32-23)12-18-13-19(31)8-10-24(18)35/h4-6,8,10-13,16,21-22,25,27,34-36H,7,9,14-15H2,1-3H3/b17-12-/t21-,22+,25-,27-/m1/s1. The number of benzene rings is 1. The van der Waals surface area contributed by atoms with Crippen molar-refractivity contribution in [2.75, 3.05) is 13.7 Å². The number of aliphatic hydroxyl groups is 2. The predicted molar refractivity (Wildman–Crippen MR) is 151 cm³/mol. The first-order valence-corrected chi connectivity index (χ1v) is 14.0. The maximum atomic E-state index is 13.2. The highest BCUT2D eigenvalue weighted by Gasteiger charge is 2.57. The molecule has 1 aliphatic carbocycles. The summed E-state index contributed by atoms with van der Waals surface area (Å²) in [6, 6.07) is 10.6. The fourth-order valence-electron chi connectivity index (χ4n) is 5.82. The van der Waals surface area contributed by atoms with Crippen LogP contribution in [0.15, 0.2) is 58.2 Å². The first kappa shape index (κ1) is 29.6. The highest BCUT2D eigenvalue weighted by molar-refractivity contribution is 9.10. The molecule has 0 saturated carbocycles. The largest absolute Gasteiger partial charge is 0.507 e. The quantitative estimate of drug-likeness (QED) is 0.291. The second-order valence-electron chi connectivity index (χ2n) is 10.4. The van der Waals surface area contributed by atoms with Crippen LogP contribution in [-0.4, -0.2) is 62.9 Å². The van der Waals surface area contributed by atoms with Crippen molar-refractivity contribution in [3.63, 3.8) is 0 Å². The molecule has 0 radical (unpaired) electrons. The molecule has 1 aromatic carbocycles.